The van der Waals surface area contributed by atoms with E-state index in [2.05, 4.69) is 0 Å². The third-order valence-electron chi connectivity index (χ3n) is 2.10. The number of halogens is 1. The third kappa shape index (κ3) is 3.38. The van der Waals surface area contributed by atoms with Gasteiger partial charge in [0.05, 0.1) is 0 Å². The van der Waals surface area contributed by atoms with E-state index in [4.69, 9.17) is 17.3 Å². The quantitative estimate of drug-likeness (QED) is 0.462. The molecule has 0 saturated carbocycles. The van der Waals surface area contributed by atoms with Gasteiger partial charge in [-0.2, -0.15) is 0 Å². The van der Waals surface area contributed by atoms with Crippen LogP contribution < -0.4 is 5.73 Å². The minimum atomic E-state index is 0.632. The fourth-order valence-corrected chi connectivity index (χ4v) is 1.59. The third-order valence-corrected chi connectivity index (χ3v) is 2.45. The first kappa shape index (κ1) is 11.1. The molecule has 0 aromatic heterocycles. The van der Waals surface area contributed by atoms with E-state index in [1.807, 2.05) is 12.1 Å². The Hall–Kier alpha value is -1.02. The first-order valence-electron chi connectivity index (χ1n) is 4.71. The van der Waals surface area contributed by atoms with E-state index in [0.717, 1.165) is 36.1 Å². The van der Waals surface area contributed by atoms with Crippen LogP contribution in [0.4, 0.5) is 5.69 Å². The van der Waals surface area contributed by atoms with Crippen molar-refractivity contribution in [3.8, 4) is 0 Å². The molecule has 0 aliphatic rings. The number of unbranched alkanes of at least 4 members (excludes halogenated alkanes) is 2. The van der Waals surface area contributed by atoms with Crippen molar-refractivity contribution in [3.05, 3.63) is 28.8 Å². The molecule has 2 nitrogen and oxygen atoms in total. The van der Waals surface area contributed by atoms with Crippen molar-refractivity contribution in [1.29, 1.82) is 0 Å². The second-order valence-corrected chi connectivity index (χ2v) is 3.67. The summed E-state index contributed by atoms with van der Waals surface area (Å²) in [6.07, 6.45) is 4.40. The maximum Gasteiger partial charge on any atom is 0.119 e. The van der Waals surface area contributed by atoms with Gasteiger partial charge >= 0.3 is 0 Å². The van der Waals surface area contributed by atoms with Gasteiger partial charge in [-0.3, -0.25) is 0 Å². The molecule has 0 amide bonds. The summed E-state index contributed by atoms with van der Waals surface area (Å²) < 4.78 is 0. The summed E-state index contributed by atoms with van der Waals surface area (Å²) in [7, 11) is 0. The van der Waals surface area contributed by atoms with Gasteiger partial charge in [0.1, 0.15) is 6.29 Å². The van der Waals surface area contributed by atoms with Crippen molar-refractivity contribution in [1.82, 2.24) is 0 Å². The van der Waals surface area contributed by atoms with Gasteiger partial charge in [-0.1, -0.05) is 17.7 Å². The number of carbonyl (C=O) groups excluding carboxylic acids is 1. The molecule has 0 heterocycles. The molecule has 14 heavy (non-hydrogen) atoms. The second kappa shape index (κ2) is 5.66. The Balaban J connectivity index is 2.46. The van der Waals surface area contributed by atoms with Gasteiger partial charge in [0.2, 0.25) is 0 Å². The Bertz CT molecular complexity index is 312. The maximum atomic E-state index is 10.1. The van der Waals surface area contributed by atoms with E-state index in [9.17, 15) is 4.79 Å². The molecular formula is C11H14ClNO. The lowest BCUT2D eigenvalue weighted by Crippen LogP contribution is -1.90. The van der Waals surface area contributed by atoms with Gasteiger partial charge in [-0.05, 0) is 37.0 Å². The molecule has 3 heteroatoms. The van der Waals surface area contributed by atoms with Crippen molar-refractivity contribution in [2.24, 2.45) is 0 Å². The van der Waals surface area contributed by atoms with Crippen LogP contribution in [0.3, 0.4) is 0 Å². The van der Waals surface area contributed by atoms with Crippen molar-refractivity contribution in [3.63, 3.8) is 0 Å². The zero-order valence-electron chi connectivity index (χ0n) is 8.00. The molecule has 0 unspecified atom stereocenters. The van der Waals surface area contributed by atoms with Gasteiger partial charge in [0.15, 0.2) is 0 Å². The average Bonchev–Trinajstić information content (AvgIpc) is 2.15. The molecule has 0 spiro atoms. The van der Waals surface area contributed by atoms with Crippen molar-refractivity contribution < 1.29 is 4.79 Å². The number of carbonyl (C=O) groups is 1. The summed E-state index contributed by atoms with van der Waals surface area (Å²) in [5.41, 5.74) is 7.36. The van der Waals surface area contributed by atoms with E-state index < -0.39 is 0 Å². The molecule has 0 aliphatic heterocycles. The number of anilines is 1. The summed E-state index contributed by atoms with van der Waals surface area (Å²) in [6, 6.07) is 5.55. The number of nitrogen functional groups attached to an aromatic ring is 1. The Morgan fingerprint density at radius 3 is 2.79 bits per heavy atom. The Labute approximate surface area is 89.1 Å². The molecule has 1 rings (SSSR count). The standard InChI is InChI=1S/C11H14ClNO/c12-11-8-10(13)6-5-9(11)4-2-1-3-7-14/h5-8H,1-4,13H2. The fourth-order valence-electron chi connectivity index (χ4n) is 1.31. The van der Waals surface area contributed by atoms with E-state index in [-0.39, 0.29) is 0 Å². The average molecular weight is 212 g/mol. The van der Waals surface area contributed by atoms with Gasteiger partial charge in [-0.25, -0.2) is 0 Å². The van der Waals surface area contributed by atoms with Crippen LogP contribution in [-0.4, -0.2) is 6.29 Å². The highest BCUT2D eigenvalue weighted by molar-refractivity contribution is 6.31. The van der Waals surface area contributed by atoms with E-state index >= 15 is 0 Å². The molecule has 76 valence electrons. The number of nitrogens with two attached hydrogens (primary N) is 1. The van der Waals surface area contributed by atoms with E-state index in [1.54, 1.807) is 6.07 Å². The summed E-state index contributed by atoms with van der Waals surface area (Å²) in [5.74, 6) is 0. The highest BCUT2D eigenvalue weighted by Crippen LogP contribution is 2.20. The van der Waals surface area contributed by atoms with Crippen LogP contribution in [0.1, 0.15) is 24.8 Å². The largest absolute Gasteiger partial charge is 0.399 e. The van der Waals surface area contributed by atoms with Crippen LogP contribution in [0.25, 0.3) is 0 Å². The number of rotatable bonds is 5. The Morgan fingerprint density at radius 1 is 1.36 bits per heavy atom. The number of aldehydes is 1. The summed E-state index contributed by atoms with van der Waals surface area (Å²) >= 11 is 5.99. The van der Waals surface area contributed by atoms with Crippen LogP contribution in [0.2, 0.25) is 5.02 Å². The lowest BCUT2D eigenvalue weighted by Gasteiger charge is -2.04. The molecular weight excluding hydrogens is 198 g/mol. The topological polar surface area (TPSA) is 43.1 Å². The molecule has 0 radical (unpaired) electrons. The Morgan fingerprint density at radius 2 is 2.14 bits per heavy atom. The van der Waals surface area contributed by atoms with Crippen LogP contribution in [0, 0.1) is 0 Å². The molecule has 1 aromatic rings. The predicted molar refractivity (Wildman–Crippen MR) is 59.5 cm³/mol. The second-order valence-electron chi connectivity index (χ2n) is 3.26. The monoisotopic (exact) mass is 211 g/mol. The van der Waals surface area contributed by atoms with Gasteiger partial charge in [-0.15, -0.1) is 0 Å². The lowest BCUT2D eigenvalue weighted by molar-refractivity contribution is -0.107. The van der Waals surface area contributed by atoms with Crippen LogP contribution in [0.15, 0.2) is 18.2 Å². The first-order valence-corrected chi connectivity index (χ1v) is 5.09. The van der Waals surface area contributed by atoms with Gasteiger partial charge in [0.25, 0.3) is 0 Å². The SMILES string of the molecule is Nc1ccc(CCCCC=O)c(Cl)c1. The van der Waals surface area contributed by atoms with Crippen LogP contribution >= 0.6 is 11.6 Å². The van der Waals surface area contributed by atoms with Gasteiger partial charge in [0, 0.05) is 17.1 Å². The summed E-state index contributed by atoms with van der Waals surface area (Å²) in [4.78, 5) is 10.1. The maximum absolute atomic E-state index is 10.1. The van der Waals surface area contributed by atoms with E-state index in [0.29, 0.717) is 12.1 Å². The highest BCUT2D eigenvalue weighted by Gasteiger charge is 2.00. The lowest BCUT2D eigenvalue weighted by atomic mass is 10.1. The normalized spacial score (nSPS) is 10.1. The number of benzene rings is 1. The van der Waals surface area contributed by atoms with Crippen LogP contribution in [-0.2, 0) is 11.2 Å². The number of hydrogen-bond acceptors (Lipinski definition) is 2. The summed E-state index contributed by atoms with van der Waals surface area (Å²) in [6.45, 7) is 0. The first-order chi connectivity index (χ1) is 6.74. The highest BCUT2D eigenvalue weighted by atomic mass is 35.5. The molecule has 0 atom stereocenters. The molecule has 0 saturated heterocycles. The fraction of sp³-hybridized carbons (Fsp3) is 0.364. The molecule has 0 aliphatic carbocycles. The summed E-state index contributed by atoms with van der Waals surface area (Å²) in [5, 5.41) is 0.719. The zero-order chi connectivity index (χ0) is 10.4. The predicted octanol–water partition coefficient (Wildman–Crippen LogP) is 2.83. The smallest absolute Gasteiger partial charge is 0.119 e. The molecule has 0 fully saturated rings. The Kier molecular flexibility index (Phi) is 4.47. The van der Waals surface area contributed by atoms with E-state index in [1.165, 1.54) is 0 Å². The molecule has 1 aromatic carbocycles. The number of aryl methyl sites for hydroxylation is 1. The van der Waals surface area contributed by atoms with Gasteiger partial charge < -0.3 is 10.5 Å². The number of hydrogen-bond donors (Lipinski definition) is 1. The minimum Gasteiger partial charge on any atom is -0.399 e. The van der Waals surface area contributed by atoms with Crippen molar-refractivity contribution in [2.45, 2.75) is 25.7 Å². The van der Waals surface area contributed by atoms with Crippen LogP contribution in [0.5, 0.6) is 0 Å². The van der Waals surface area contributed by atoms with Crippen molar-refractivity contribution in [2.75, 3.05) is 5.73 Å². The molecule has 2 N–H and O–H groups in total. The minimum absolute atomic E-state index is 0.632. The molecule has 0 bridgehead atoms. The zero-order valence-corrected chi connectivity index (χ0v) is 8.76. The van der Waals surface area contributed by atoms with Crippen molar-refractivity contribution >= 4 is 23.6 Å².